The van der Waals surface area contributed by atoms with E-state index < -0.39 is 24.0 Å². The van der Waals surface area contributed by atoms with Gasteiger partial charge < -0.3 is 10.6 Å². The highest BCUT2D eigenvalue weighted by Gasteiger charge is 2.52. The molecule has 1 saturated heterocycles. The Hall–Kier alpha value is -0.660. The number of nitrogens with one attached hydrogen (secondary N) is 2. The van der Waals surface area contributed by atoms with Crippen molar-refractivity contribution in [3.63, 3.8) is 0 Å². The molecule has 0 bridgehead atoms. The van der Waals surface area contributed by atoms with E-state index in [9.17, 15) is 18.0 Å². The third-order valence-electron chi connectivity index (χ3n) is 2.64. The maximum Gasteiger partial charge on any atom is 0.292 e. The first-order chi connectivity index (χ1) is 7.40. The highest BCUT2D eigenvalue weighted by Crippen LogP contribution is 2.26. The zero-order valence-corrected chi connectivity index (χ0v) is 9.27. The minimum atomic E-state index is -3.36. The van der Waals surface area contributed by atoms with Crippen molar-refractivity contribution in [2.45, 2.75) is 18.3 Å². The first kappa shape index (κ1) is 13.4. The number of ketones is 1. The molecule has 1 aliphatic heterocycles. The van der Waals surface area contributed by atoms with Crippen LogP contribution in [0.2, 0.25) is 0 Å². The lowest BCUT2D eigenvalue weighted by Crippen LogP contribution is -2.63. The van der Waals surface area contributed by atoms with E-state index in [1.165, 1.54) is 0 Å². The van der Waals surface area contributed by atoms with Crippen LogP contribution < -0.4 is 10.6 Å². The lowest BCUT2D eigenvalue weighted by molar-refractivity contribution is -0.166. The highest BCUT2D eigenvalue weighted by atomic mass is 19.3. The summed E-state index contributed by atoms with van der Waals surface area (Å²) in [7, 11) is 2.25. The molecule has 0 aliphatic carbocycles. The summed E-state index contributed by atoms with van der Waals surface area (Å²) < 4.78 is 39.3. The third kappa shape index (κ3) is 2.36. The van der Waals surface area contributed by atoms with Gasteiger partial charge in [-0.3, -0.25) is 9.69 Å². The van der Waals surface area contributed by atoms with Gasteiger partial charge in [0.05, 0.1) is 6.04 Å². The number of halogens is 3. The van der Waals surface area contributed by atoms with Crippen LogP contribution in [-0.4, -0.2) is 62.7 Å². The molecule has 4 nitrogen and oxygen atoms in total. The number of Topliss-reactive ketones (excluding diaryl/α,β-unsaturated/α-hetero) is 1. The zero-order valence-electron chi connectivity index (χ0n) is 9.27. The summed E-state index contributed by atoms with van der Waals surface area (Å²) in [6.07, 6.45) is -3.36. The first-order valence-corrected chi connectivity index (χ1v) is 5.03. The van der Waals surface area contributed by atoms with Crippen LogP contribution in [0.5, 0.6) is 0 Å². The molecule has 16 heavy (non-hydrogen) atoms. The summed E-state index contributed by atoms with van der Waals surface area (Å²) in [4.78, 5) is 12.3. The fourth-order valence-electron chi connectivity index (χ4n) is 1.61. The number of likely N-dealkylation sites (N-methyl/N-ethyl adjacent to an activating group) is 1. The Morgan fingerprint density at radius 3 is 2.44 bits per heavy atom. The topological polar surface area (TPSA) is 44.4 Å². The predicted octanol–water partition coefficient (Wildman–Crippen LogP) is -0.391. The number of carbonyl (C=O) groups is 1. The van der Waals surface area contributed by atoms with E-state index in [-0.39, 0.29) is 6.54 Å². The van der Waals surface area contributed by atoms with Gasteiger partial charge in [0.1, 0.15) is 0 Å². The average molecular weight is 239 g/mol. The normalized spacial score (nSPS) is 25.8. The molecule has 1 heterocycles. The number of carbonyl (C=O) groups excluding carboxylic acids is 1. The van der Waals surface area contributed by atoms with Gasteiger partial charge in [0.15, 0.2) is 0 Å². The maximum absolute atomic E-state index is 14.0. The van der Waals surface area contributed by atoms with Crippen molar-refractivity contribution in [1.29, 1.82) is 0 Å². The van der Waals surface area contributed by atoms with E-state index in [1.54, 1.807) is 0 Å². The number of alkyl halides is 3. The van der Waals surface area contributed by atoms with Crippen molar-refractivity contribution in [2.75, 3.05) is 33.7 Å². The van der Waals surface area contributed by atoms with Crippen LogP contribution in [0.3, 0.4) is 0 Å². The van der Waals surface area contributed by atoms with Crippen molar-refractivity contribution >= 4 is 5.78 Å². The summed E-state index contributed by atoms with van der Waals surface area (Å²) >= 11 is 0. The number of hydrogen-bond acceptors (Lipinski definition) is 4. The van der Waals surface area contributed by atoms with E-state index in [1.807, 2.05) is 0 Å². The molecule has 0 aromatic carbocycles. The van der Waals surface area contributed by atoms with E-state index in [0.29, 0.717) is 18.0 Å². The number of nitrogens with zero attached hydrogens (tertiary/aromatic N) is 1. The Labute approximate surface area is 92.2 Å². The van der Waals surface area contributed by atoms with Gasteiger partial charge in [-0.05, 0) is 14.1 Å². The largest absolute Gasteiger partial charge is 0.313 e. The van der Waals surface area contributed by atoms with Crippen molar-refractivity contribution in [3.8, 4) is 0 Å². The Bertz CT molecular complexity index is 246. The Morgan fingerprint density at radius 1 is 1.44 bits per heavy atom. The molecular formula is C9H16F3N3O. The molecule has 0 amide bonds. The van der Waals surface area contributed by atoms with Crippen molar-refractivity contribution in [3.05, 3.63) is 0 Å². The van der Waals surface area contributed by atoms with Gasteiger partial charge >= 0.3 is 0 Å². The van der Waals surface area contributed by atoms with Gasteiger partial charge in [0, 0.05) is 19.6 Å². The smallest absolute Gasteiger partial charge is 0.292 e. The van der Waals surface area contributed by atoms with Crippen LogP contribution in [0, 0.1) is 0 Å². The van der Waals surface area contributed by atoms with Gasteiger partial charge in [-0.15, -0.1) is 0 Å². The SMILES string of the molecule is CN(C)[C@](F)(C(=O)C1CNCCN1)C(F)F. The molecule has 0 aromatic rings. The Morgan fingerprint density at radius 2 is 2.06 bits per heavy atom. The highest BCUT2D eigenvalue weighted by molar-refractivity contribution is 5.92. The second-order valence-electron chi connectivity index (χ2n) is 3.94. The Kier molecular flexibility index (Phi) is 4.28. The van der Waals surface area contributed by atoms with Crippen LogP contribution in [0.1, 0.15) is 0 Å². The number of piperazine rings is 1. The van der Waals surface area contributed by atoms with Gasteiger partial charge in [-0.1, -0.05) is 0 Å². The fraction of sp³-hybridized carbons (Fsp3) is 0.889. The Balaban J connectivity index is 2.82. The summed E-state index contributed by atoms with van der Waals surface area (Å²) in [5.74, 6) is -4.35. The summed E-state index contributed by atoms with van der Waals surface area (Å²) in [5, 5.41) is 5.57. The second-order valence-corrected chi connectivity index (χ2v) is 3.94. The fourth-order valence-corrected chi connectivity index (χ4v) is 1.61. The van der Waals surface area contributed by atoms with Crippen molar-refractivity contribution in [2.24, 2.45) is 0 Å². The van der Waals surface area contributed by atoms with Crippen molar-refractivity contribution in [1.82, 2.24) is 15.5 Å². The minimum absolute atomic E-state index is 0.172. The van der Waals surface area contributed by atoms with Crippen LogP contribution in [0.15, 0.2) is 0 Å². The molecule has 2 N–H and O–H groups in total. The quantitative estimate of drug-likeness (QED) is 0.656. The molecule has 1 unspecified atom stereocenters. The van der Waals surface area contributed by atoms with E-state index in [0.717, 1.165) is 14.1 Å². The van der Waals surface area contributed by atoms with Crippen LogP contribution >= 0.6 is 0 Å². The second kappa shape index (κ2) is 5.11. The molecule has 0 spiro atoms. The molecule has 1 fully saturated rings. The molecule has 2 atom stereocenters. The molecule has 7 heteroatoms. The molecule has 0 saturated carbocycles. The molecular weight excluding hydrogens is 223 g/mol. The molecule has 0 aromatic heterocycles. The molecule has 1 rings (SSSR count). The molecule has 0 radical (unpaired) electrons. The summed E-state index contributed by atoms with van der Waals surface area (Å²) in [6, 6.07) is -0.907. The summed E-state index contributed by atoms with van der Waals surface area (Å²) in [5.41, 5.74) is 0. The van der Waals surface area contributed by atoms with Crippen molar-refractivity contribution < 1.29 is 18.0 Å². The summed E-state index contributed by atoms with van der Waals surface area (Å²) in [6.45, 7) is 1.27. The molecule has 94 valence electrons. The van der Waals surface area contributed by atoms with Gasteiger partial charge in [-0.25, -0.2) is 13.2 Å². The minimum Gasteiger partial charge on any atom is -0.313 e. The van der Waals surface area contributed by atoms with E-state index in [2.05, 4.69) is 10.6 Å². The standard InChI is InChI=1S/C9H16F3N3O/c1-15(2)9(12,8(10)11)7(16)6-5-13-3-4-14-6/h6,8,13-14H,3-5H2,1-2H3/t6?,9-/m1/s1. The van der Waals surface area contributed by atoms with Crippen LogP contribution in [-0.2, 0) is 4.79 Å². The number of hydrogen-bond donors (Lipinski definition) is 2. The molecule has 1 aliphatic rings. The van der Waals surface area contributed by atoms with E-state index in [4.69, 9.17) is 0 Å². The van der Waals surface area contributed by atoms with Crippen LogP contribution in [0.4, 0.5) is 13.2 Å². The van der Waals surface area contributed by atoms with Gasteiger partial charge in [0.25, 0.3) is 12.2 Å². The number of rotatable bonds is 4. The lowest BCUT2D eigenvalue weighted by Gasteiger charge is -2.34. The lowest BCUT2D eigenvalue weighted by atomic mass is 10.0. The first-order valence-electron chi connectivity index (χ1n) is 5.03. The predicted molar refractivity (Wildman–Crippen MR) is 53.2 cm³/mol. The van der Waals surface area contributed by atoms with Crippen LogP contribution in [0.25, 0.3) is 0 Å². The zero-order chi connectivity index (χ0) is 12.3. The van der Waals surface area contributed by atoms with Gasteiger partial charge in [0.2, 0.25) is 5.78 Å². The third-order valence-corrected chi connectivity index (χ3v) is 2.64. The monoisotopic (exact) mass is 239 g/mol. The van der Waals surface area contributed by atoms with Gasteiger partial charge in [-0.2, -0.15) is 0 Å². The van der Waals surface area contributed by atoms with E-state index >= 15 is 0 Å². The maximum atomic E-state index is 14.0. The average Bonchev–Trinajstić information content (AvgIpc) is 2.27.